The fourth-order valence-electron chi connectivity index (χ4n) is 23.0. The van der Waals surface area contributed by atoms with Gasteiger partial charge in [0.2, 0.25) is 0 Å². The number of methoxy groups -OCH3 is 2. The molecule has 0 atom stereocenters. The van der Waals surface area contributed by atoms with E-state index in [1.54, 1.807) is 35.3 Å². The van der Waals surface area contributed by atoms with Crippen LogP contribution in [0, 0.1) is 20.8 Å². The van der Waals surface area contributed by atoms with E-state index in [0.717, 1.165) is 293 Å². The molecule has 0 spiro atoms. The van der Waals surface area contributed by atoms with Crippen LogP contribution in [0.2, 0.25) is 15.1 Å². The molecule has 0 fully saturated rings. The summed E-state index contributed by atoms with van der Waals surface area (Å²) in [5.74, 6) is 2.54. The zero-order valence-electron chi connectivity index (χ0n) is 86.4. The third-order valence-electron chi connectivity index (χ3n) is 29.8. The lowest BCUT2D eigenvalue weighted by Gasteiger charge is -2.18. The lowest BCUT2D eigenvalue weighted by atomic mass is 9.94. The first-order chi connectivity index (χ1) is 72.7. The molecule has 3 N–H and O–H groups in total. The zero-order valence-corrected chi connectivity index (χ0v) is 91.1. The number of carboxylic acid groups (broad SMARTS) is 1. The Bertz CT molecular complexity index is 8280. The number of aryl methyl sites for hydroxylation is 12. The average Bonchev–Trinajstić information content (AvgIpc) is 1.58. The Balaban J connectivity index is 0.000000131. The summed E-state index contributed by atoms with van der Waals surface area (Å²) in [5, 5.41) is 71.8. The van der Waals surface area contributed by atoms with Crippen molar-refractivity contribution in [3.8, 4) is 50.6 Å². The van der Waals surface area contributed by atoms with Gasteiger partial charge in [0, 0.05) is 270 Å². The van der Waals surface area contributed by atoms with Crippen LogP contribution in [-0.2, 0) is 146 Å². The van der Waals surface area contributed by atoms with Crippen LogP contribution < -0.4 is 9.47 Å². The van der Waals surface area contributed by atoms with Crippen molar-refractivity contribution in [3.05, 3.63) is 281 Å². The van der Waals surface area contributed by atoms with Crippen molar-refractivity contribution in [2.24, 2.45) is 21.1 Å². The van der Waals surface area contributed by atoms with Crippen LogP contribution in [-0.4, -0.2) is 175 Å². The molecule has 14 heterocycles. The number of aromatic carboxylic acids is 1. The highest BCUT2D eigenvalue weighted by Crippen LogP contribution is 2.50. The molecule has 150 heavy (non-hydrogen) atoms. The van der Waals surface area contributed by atoms with Crippen LogP contribution >= 0.6 is 70.1 Å². The summed E-state index contributed by atoms with van der Waals surface area (Å²) in [5.41, 5.74) is 25.1. The Morgan fingerprint density at radius 2 is 0.933 bits per heavy atom. The van der Waals surface area contributed by atoms with E-state index >= 15 is 0 Å². The number of aliphatic hydroxyl groups excluding tert-OH is 1. The van der Waals surface area contributed by atoms with Crippen LogP contribution in [0.25, 0.3) is 98.4 Å². The number of phenols is 1. The minimum atomic E-state index is -0.950. The van der Waals surface area contributed by atoms with Crippen molar-refractivity contribution < 1.29 is 48.7 Å². The number of nitrogens with zero attached hydrogens (tertiary/aromatic N) is 18. The number of esters is 2. The van der Waals surface area contributed by atoms with Gasteiger partial charge < -0.3 is 48.0 Å². The highest BCUT2D eigenvalue weighted by molar-refractivity contribution is 7.99. The summed E-state index contributed by atoms with van der Waals surface area (Å²) in [4.78, 5) is 49.5. The summed E-state index contributed by atoms with van der Waals surface area (Å²) in [6.07, 6.45) is 11.0. The highest BCUT2D eigenvalue weighted by Gasteiger charge is 2.36. The number of rotatable bonds is 14. The molecule has 34 heteroatoms. The third-order valence-corrected chi connectivity index (χ3v) is 33.8. The van der Waals surface area contributed by atoms with Crippen molar-refractivity contribution in [1.29, 1.82) is 0 Å². The molecular weight excluding hydrogens is 2010 g/mol. The quantitative estimate of drug-likeness (QED) is 0.0674. The molecule has 0 aliphatic carbocycles. The molecule has 0 amide bonds. The largest absolute Gasteiger partial charge is 0.507 e. The lowest BCUT2D eigenvalue weighted by molar-refractivity contribution is 0.0578. The van der Waals surface area contributed by atoms with Gasteiger partial charge >= 0.3 is 17.9 Å². The van der Waals surface area contributed by atoms with Crippen molar-refractivity contribution >= 4 is 153 Å². The lowest BCUT2D eigenvalue weighted by Crippen LogP contribution is -2.18. The molecule has 5 aliphatic rings. The number of carbonyl (C=O) groups is 3. The van der Waals surface area contributed by atoms with Gasteiger partial charge in [-0.1, -0.05) is 108 Å². The number of halogens is 3. The van der Waals surface area contributed by atoms with E-state index in [1.807, 2.05) is 150 Å². The summed E-state index contributed by atoms with van der Waals surface area (Å²) < 4.78 is 41.9. The van der Waals surface area contributed by atoms with Gasteiger partial charge in [0.25, 0.3) is 0 Å². The number of phenolic OH excluding ortho intramolecular Hbond substituents is 1. The Morgan fingerprint density at radius 1 is 0.473 bits per heavy atom. The molecule has 0 saturated heterocycles. The fraction of sp³-hybridized carbons (Fsp3) is 0.353. The van der Waals surface area contributed by atoms with Gasteiger partial charge in [0.1, 0.15) is 34.3 Å². The topological polar surface area (TPSA) is 280 Å². The van der Waals surface area contributed by atoms with Gasteiger partial charge in [-0.15, -0.1) is 35.3 Å². The van der Waals surface area contributed by atoms with Crippen LogP contribution in [0.1, 0.15) is 174 Å². The third kappa shape index (κ3) is 20.4. The predicted octanol–water partition coefficient (Wildman–Crippen LogP) is 23.8. The minimum absolute atomic E-state index is 0.0127. The normalized spacial score (nSPS) is 14.9. The Hall–Kier alpha value is -12.8. The molecule has 23 rings (SSSR count). The molecule has 9 aromatic heterocycles. The number of carboxylic acids is 1. The first-order valence-corrected chi connectivity index (χ1v) is 55.6. The van der Waals surface area contributed by atoms with Crippen molar-refractivity contribution in [3.63, 3.8) is 0 Å². The monoisotopic (exact) mass is 2130 g/mol. The fourth-order valence-corrected chi connectivity index (χ4v) is 26.7. The maximum Gasteiger partial charge on any atom is 0.354 e. The second-order valence-electron chi connectivity index (χ2n) is 40.0. The van der Waals surface area contributed by atoms with Gasteiger partial charge in [-0.25, -0.2) is 14.4 Å². The average molecular weight is 2130 g/mol. The predicted molar refractivity (Wildman–Crippen MR) is 596 cm³/mol. The molecule has 5 aliphatic heterocycles. The minimum Gasteiger partial charge on any atom is -0.507 e. The number of hydrogen-bond acceptors (Lipinski definition) is 21. The first-order valence-electron chi connectivity index (χ1n) is 51.5. The number of thioether (sulfide) groups is 3. The molecule has 0 saturated carbocycles. The van der Waals surface area contributed by atoms with Crippen LogP contribution in [0.3, 0.4) is 0 Å². The zero-order chi connectivity index (χ0) is 104. The van der Waals surface area contributed by atoms with Crippen molar-refractivity contribution in [2.45, 2.75) is 208 Å². The number of ether oxygens (including phenoxy) is 4. The van der Waals surface area contributed by atoms with E-state index in [4.69, 9.17) is 84.3 Å². The summed E-state index contributed by atoms with van der Waals surface area (Å²) in [7, 11) is 15.1. The van der Waals surface area contributed by atoms with Crippen LogP contribution in [0.4, 0.5) is 0 Å². The van der Waals surface area contributed by atoms with Crippen molar-refractivity contribution in [1.82, 2.24) is 87.1 Å². The number of carbonyl (C=O) groups excluding carboxylic acids is 2. The molecule has 18 aromatic rings. The molecule has 0 unspecified atom stereocenters. The molecule has 0 radical (unpaired) electrons. The van der Waals surface area contributed by atoms with Crippen LogP contribution in [0.15, 0.2) is 178 Å². The Kier molecular flexibility index (Phi) is 30.4. The smallest absolute Gasteiger partial charge is 0.354 e. The van der Waals surface area contributed by atoms with Gasteiger partial charge in [-0.3, -0.25) is 42.8 Å². The molecular formula is C116H123Cl3N18O10S3. The molecule has 776 valence electrons. The van der Waals surface area contributed by atoms with E-state index in [-0.39, 0.29) is 18.3 Å². The van der Waals surface area contributed by atoms with E-state index in [1.165, 1.54) is 25.6 Å². The standard InChI is InChI=1S/C39H43ClN6O4S.C39H41ClN6O3S.C38H39ClN6O3S/c1-24-35-32(45(15-9-17-47)38(24)39(49)50-4)14-13-30(40)36(35)37-31(42-46-16-8-7-12-33(37)46)22-43(2)21-26-19-27(44(3)41-26)23-51-28-18-25-10-5-6-11-29(25)34(48)20-28;1-24-35-32-14-13-30(40)36(35)37-31(42-46-16-8-7-12-33(37)46)22-43(2)21-26-19-27(44(3)41-26)23-50-28-18-25-10-5-6-11-29(25)34(20-28)49-17-9-15-45(32)38(24)39(47)48-4;1-23-34-31-13-12-29(39)35(34)36-30(41-45-15-7-6-11-32(36)45)21-42(2)20-25-18-26(43(3)40-25)22-49-27-17-24-9-4-5-10-28(24)33(19-27)48-16-8-14-44(31)37(23)38(46)47/h5-6,10-11,13-14,18-20,47-48H,7-9,12,15-17,21-23H2,1-4H3;5-6,10-11,13-14,18-20H,7-9,12,15-17,21-23H2,1-4H3;4-5,9-10,12-13,17-19H,6-8,11,14-16,20-22H2,1-3H3,(H,46,47). The SMILES string of the molecule is COC(=O)c1c(C)c2c(-c3c(CN(C)Cc4cc(CSc5cc(O)c6ccccc6c5)n(C)n4)nn4c3CCCC4)c(Cl)ccc2n1CCCO.COC(=O)c1c(C)c2c3c(Cl)ccc2n1CCCOc1cc(cc2ccccc12)SCc1cc(nn1C)CN(C)Cc1nn2c(c1-3)CCCC2.Cc1c(C(=O)O)n2c3ccc(Cl)c(c13)-c1c(nn3c1CCCC3)CN(C)Cc1cc(n(C)n1)CSc1cc(c3ccccc3c1)OCCC2. The second kappa shape index (κ2) is 44.3. The van der Waals surface area contributed by atoms with Crippen LogP contribution in [0.5, 0.6) is 17.2 Å². The number of aromatic nitrogens is 15. The number of aliphatic hydroxyl groups is 1. The van der Waals surface area contributed by atoms with E-state index < -0.39 is 11.9 Å². The number of aromatic hydroxyl groups is 1. The second-order valence-corrected chi connectivity index (χ2v) is 44.4. The van der Waals surface area contributed by atoms with Gasteiger partial charge in [-0.05, 0) is 243 Å². The number of hydrogen-bond donors (Lipinski definition) is 3. The summed E-state index contributed by atoms with van der Waals surface area (Å²) in [6, 6.07) is 55.4. The van der Waals surface area contributed by atoms with E-state index in [9.17, 15) is 29.7 Å². The van der Waals surface area contributed by atoms with Gasteiger partial charge in [0.15, 0.2) is 0 Å². The molecule has 16 bridgehead atoms. The molecule has 28 nitrogen and oxygen atoms in total. The maximum absolute atomic E-state index is 13.5. The number of fused-ring (bicyclic) bond motifs is 23. The summed E-state index contributed by atoms with van der Waals surface area (Å²) >= 11 is 26.7. The Morgan fingerprint density at radius 3 is 1.45 bits per heavy atom. The first kappa shape index (κ1) is 103. The van der Waals surface area contributed by atoms with Crippen molar-refractivity contribution in [2.75, 3.05) is 55.2 Å². The Labute approximate surface area is 898 Å². The highest BCUT2D eigenvalue weighted by atomic mass is 35.5. The van der Waals surface area contributed by atoms with E-state index in [0.29, 0.717) is 124 Å². The number of benzene rings is 9. The molecule has 9 aromatic carbocycles. The maximum atomic E-state index is 13.5. The summed E-state index contributed by atoms with van der Waals surface area (Å²) in [6.45, 7) is 14.7. The van der Waals surface area contributed by atoms with Gasteiger partial charge in [-0.2, -0.15) is 30.6 Å². The van der Waals surface area contributed by atoms with Gasteiger partial charge in [0.05, 0.1) is 61.6 Å². The van der Waals surface area contributed by atoms with E-state index in [2.05, 4.69) is 133 Å².